The number of urea groups is 1. The molecule has 0 unspecified atom stereocenters. The Morgan fingerprint density at radius 3 is 2.52 bits per heavy atom. The molecule has 2 aliphatic rings. The molecule has 1 atom stereocenters. The molecule has 0 saturated carbocycles. The lowest BCUT2D eigenvalue weighted by Gasteiger charge is -2.40. The van der Waals surface area contributed by atoms with Crippen molar-refractivity contribution in [1.29, 1.82) is 0 Å². The number of aliphatic hydroxyl groups is 1. The van der Waals surface area contributed by atoms with Crippen LogP contribution in [0, 0.1) is 17.8 Å². The second-order valence-corrected chi connectivity index (χ2v) is 8.78. The molecule has 2 aromatic rings. The van der Waals surface area contributed by atoms with E-state index < -0.39 is 5.54 Å². The minimum absolute atomic E-state index is 0.0538. The molecular weight excluding hydrogens is 418 g/mol. The van der Waals surface area contributed by atoms with Crippen LogP contribution in [0.5, 0.6) is 0 Å². The number of hydrogen-bond donors (Lipinski definition) is 2. The Kier molecular flexibility index (Phi) is 7.17. The minimum Gasteiger partial charge on any atom is -0.462 e. The number of carbonyl (C=O) groups excluding carboxylic acids is 2. The van der Waals surface area contributed by atoms with E-state index in [1.54, 1.807) is 13.0 Å². The number of likely N-dealkylation sites (tertiary alicyclic amines) is 1. The van der Waals surface area contributed by atoms with Crippen LogP contribution in [-0.4, -0.2) is 52.0 Å². The van der Waals surface area contributed by atoms with Crippen molar-refractivity contribution in [3.63, 3.8) is 0 Å². The fraction of sp³-hybridized carbons (Fsp3) is 0.462. The first-order valence-electron chi connectivity index (χ1n) is 11.5. The number of carbonyl (C=O) groups is 2. The number of nitrogens with zero attached hydrogens (tertiary/aromatic N) is 2. The Morgan fingerprint density at radius 1 is 1.12 bits per heavy atom. The van der Waals surface area contributed by atoms with Crippen molar-refractivity contribution in [3.8, 4) is 11.8 Å². The number of furan rings is 1. The average Bonchev–Trinajstić information content (AvgIpc) is 3.39. The summed E-state index contributed by atoms with van der Waals surface area (Å²) in [6, 6.07) is 13.4. The number of rotatable bonds is 8. The summed E-state index contributed by atoms with van der Waals surface area (Å²) in [5, 5.41) is 12.3. The van der Waals surface area contributed by atoms with Gasteiger partial charge in [-0.05, 0) is 69.3 Å². The van der Waals surface area contributed by atoms with Crippen molar-refractivity contribution in [2.45, 2.75) is 51.3 Å². The van der Waals surface area contributed by atoms with Crippen molar-refractivity contribution >= 4 is 11.9 Å². The maximum absolute atomic E-state index is 13.6. The van der Waals surface area contributed by atoms with E-state index in [0.29, 0.717) is 18.7 Å². The average molecular weight is 450 g/mol. The number of amides is 3. The maximum Gasteiger partial charge on any atom is 0.325 e. The first-order valence-corrected chi connectivity index (χ1v) is 11.5. The second-order valence-electron chi connectivity index (χ2n) is 8.78. The van der Waals surface area contributed by atoms with Gasteiger partial charge in [-0.25, -0.2) is 4.79 Å². The third-order valence-electron chi connectivity index (χ3n) is 6.80. The molecule has 0 aliphatic carbocycles. The molecule has 2 N–H and O–H groups in total. The highest BCUT2D eigenvalue weighted by atomic mass is 16.4. The smallest absolute Gasteiger partial charge is 0.325 e. The number of piperidine rings is 1. The van der Waals surface area contributed by atoms with Gasteiger partial charge in [0.2, 0.25) is 0 Å². The molecule has 7 heteroatoms. The zero-order valence-corrected chi connectivity index (χ0v) is 19.0. The van der Waals surface area contributed by atoms with Gasteiger partial charge >= 0.3 is 6.03 Å². The molecule has 2 aliphatic heterocycles. The lowest BCUT2D eigenvalue weighted by molar-refractivity contribution is -0.134. The summed E-state index contributed by atoms with van der Waals surface area (Å²) in [5.41, 5.74) is 0.254. The summed E-state index contributed by atoms with van der Waals surface area (Å²) in [5.74, 6) is 6.94. The molecule has 3 amide bonds. The van der Waals surface area contributed by atoms with E-state index in [2.05, 4.69) is 34.2 Å². The van der Waals surface area contributed by atoms with E-state index >= 15 is 0 Å². The molecule has 0 radical (unpaired) electrons. The van der Waals surface area contributed by atoms with E-state index in [9.17, 15) is 14.7 Å². The van der Waals surface area contributed by atoms with E-state index in [4.69, 9.17) is 4.42 Å². The molecule has 0 spiro atoms. The van der Waals surface area contributed by atoms with E-state index in [1.807, 2.05) is 24.3 Å². The Bertz CT molecular complexity index is 1030. The first-order chi connectivity index (χ1) is 16.1. The summed E-state index contributed by atoms with van der Waals surface area (Å²) in [6.45, 7) is 4.02. The van der Waals surface area contributed by atoms with Crippen LogP contribution < -0.4 is 5.32 Å². The molecule has 2 saturated heterocycles. The van der Waals surface area contributed by atoms with Crippen LogP contribution in [0.15, 0.2) is 46.9 Å². The van der Waals surface area contributed by atoms with Gasteiger partial charge in [-0.1, -0.05) is 36.3 Å². The molecule has 3 heterocycles. The number of aliphatic hydroxyl groups excluding tert-OH is 1. The Morgan fingerprint density at radius 2 is 1.85 bits per heavy atom. The monoisotopic (exact) mass is 449 g/mol. The summed E-state index contributed by atoms with van der Waals surface area (Å²) in [6.07, 6.45) is 2.90. The minimum atomic E-state index is -0.900. The largest absolute Gasteiger partial charge is 0.462 e. The van der Waals surface area contributed by atoms with Gasteiger partial charge in [0.05, 0.1) is 13.1 Å². The van der Waals surface area contributed by atoms with Crippen LogP contribution in [0.3, 0.4) is 0 Å². The van der Waals surface area contributed by atoms with Gasteiger partial charge in [0.1, 0.15) is 23.7 Å². The van der Waals surface area contributed by atoms with E-state index in [1.165, 1.54) is 4.90 Å². The van der Waals surface area contributed by atoms with E-state index in [0.717, 1.165) is 43.7 Å². The predicted molar refractivity (Wildman–Crippen MR) is 124 cm³/mol. The van der Waals surface area contributed by atoms with Gasteiger partial charge in [0.25, 0.3) is 5.91 Å². The molecule has 174 valence electrons. The highest BCUT2D eigenvalue weighted by Crippen LogP contribution is 2.37. The molecule has 33 heavy (non-hydrogen) atoms. The van der Waals surface area contributed by atoms with Crippen molar-refractivity contribution in [2.75, 3.05) is 19.6 Å². The summed E-state index contributed by atoms with van der Waals surface area (Å²) in [7, 11) is 0. The molecular formula is C26H31N3O4. The first kappa shape index (κ1) is 23.1. The third-order valence-corrected chi connectivity index (χ3v) is 6.80. The summed E-state index contributed by atoms with van der Waals surface area (Å²) < 4.78 is 5.63. The van der Waals surface area contributed by atoms with Gasteiger partial charge in [-0.2, -0.15) is 0 Å². The van der Waals surface area contributed by atoms with Crippen LogP contribution in [0.2, 0.25) is 0 Å². The quantitative estimate of drug-likeness (QED) is 0.478. The number of benzene rings is 1. The van der Waals surface area contributed by atoms with Crippen LogP contribution >= 0.6 is 0 Å². The number of hydrogen-bond acceptors (Lipinski definition) is 5. The SMILES string of the molecule is CC#CCN1C(=O)N[C@@](CCc2ccccc2)(C2CCN(Cc3ccc(CO)o3)CC2)C1=O. The van der Waals surface area contributed by atoms with Crippen LogP contribution in [-0.2, 0) is 24.4 Å². The second kappa shape index (κ2) is 10.2. The molecule has 1 aromatic heterocycles. The number of nitrogens with one attached hydrogen (secondary N) is 1. The number of aryl methyl sites for hydroxylation is 1. The summed E-state index contributed by atoms with van der Waals surface area (Å²) in [4.78, 5) is 29.9. The standard InChI is InChI=1S/C26H31N3O4/c1-2-3-15-29-24(31)26(27-25(29)32,14-11-20-7-5-4-6-8-20)21-12-16-28(17-13-21)18-22-9-10-23(19-30)33-22/h4-10,21,30H,11-19H2,1H3,(H,27,32)/t26-/m0/s1. The van der Waals surface area contributed by atoms with Crippen molar-refractivity contribution in [3.05, 3.63) is 59.5 Å². The fourth-order valence-electron chi connectivity index (χ4n) is 4.98. The van der Waals surface area contributed by atoms with Crippen molar-refractivity contribution in [1.82, 2.24) is 15.1 Å². The third kappa shape index (κ3) is 4.97. The normalized spacial score (nSPS) is 21.7. The van der Waals surface area contributed by atoms with Crippen LogP contribution in [0.1, 0.15) is 43.3 Å². The molecule has 2 fully saturated rings. The highest BCUT2D eigenvalue weighted by Gasteiger charge is 2.55. The lowest BCUT2D eigenvalue weighted by atomic mass is 9.74. The molecule has 0 bridgehead atoms. The van der Waals surface area contributed by atoms with Crippen molar-refractivity contribution in [2.24, 2.45) is 5.92 Å². The maximum atomic E-state index is 13.6. The number of imide groups is 1. The Hall–Kier alpha value is -3.08. The fourth-order valence-corrected chi connectivity index (χ4v) is 4.98. The highest BCUT2D eigenvalue weighted by molar-refractivity contribution is 6.07. The van der Waals surface area contributed by atoms with Gasteiger partial charge in [0.15, 0.2) is 0 Å². The Balaban J connectivity index is 1.48. The van der Waals surface area contributed by atoms with E-state index in [-0.39, 0.29) is 31.0 Å². The Labute approximate surface area is 194 Å². The van der Waals surface area contributed by atoms with Crippen LogP contribution in [0.25, 0.3) is 0 Å². The molecule has 1 aromatic carbocycles. The van der Waals surface area contributed by atoms with Gasteiger partial charge in [0, 0.05) is 0 Å². The zero-order valence-electron chi connectivity index (χ0n) is 19.0. The summed E-state index contributed by atoms with van der Waals surface area (Å²) >= 11 is 0. The zero-order chi connectivity index (χ0) is 23.3. The molecule has 7 nitrogen and oxygen atoms in total. The predicted octanol–water partition coefficient (Wildman–Crippen LogP) is 2.93. The lowest BCUT2D eigenvalue weighted by Crippen LogP contribution is -2.56. The van der Waals surface area contributed by atoms with Crippen LogP contribution in [0.4, 0.5) is 4.79 Å². The topological polar surface area (TPSA) is 86.0 Å². The van der Waals surface area contributed by atoms with Gasteiger partial charge < -0.3 is 14.8 Å². The molecule has 4 rings (SSSR count). The van der Waals surface area contributed by atoms with Crippen molar-refractivity contribution < 1.29 is 19.1 Å². The van der Waals surface area contributed by atoms with Gasteiger partial charge in [-0.3, -0.25) is 14.6 Å². The van der Waals surface area contributed by atoms with Gasteiger partial charge in [-0.15, -0.1) is 5.92 Å².